The Morgan fingerprint density at radius 2 is 2.25 bits per heavy atom. The first-order valence-corrected chi connectivity index (χ1v) is 6.48. The Morgan fingerprint density at radius 3 is 2.88 bits per heavy atom. The van der Waals surface area contributed by atoms with Gasteiger partial charge in [0.25, 0.3) is 0 Å². The SMILES string of the molecule is NC(Cc1ccccn1)C1CC2CCC1C2. The second-order valence-corrected chi connectivity index (χ2v) is 5.53. The number of fused-ring (bicyclic) bond motifs is 2. The molecule has 1 aromatic rings. The van der Waals surface area contributed by atoms with E-state index in [-0.39, 0.29) is 0 Å². The van der Waals surface area contributed by atoms with Crippen LogP contribution in [0.25, 0.3) is 0 Å². The molecule has 0 spiro atoms. The van der Waals surface area contributed by atoms with Crippen LogP contribution < -0.4 is 5.73 Å². The number of rotatable bonds is 3. The van der Waals surface area contributed by atoms with Crippen molar-refractivity contribution >= 4 is 0 Å². The molecule has 3 rings (SSSR count). The number of hydrogen-bond acceptors (Lipinski definition) is 2. The highest BCUT2D eigenvalue weighted by molar-refractivity contribution is 5.07. The molecule has 0 radical (unpaired) electrons. The van der Waals surface area contributed by atoms with Crippen molar-refractivity contribution in [2.24, 2.45) is 23.5 Å². The lowest BCUT2D eigenvalue weighted by Gasteiger charge is -2.27. The highest BCUT2D eigenvalue weighted by Crippen LogP contribution is 2.49. The fraction of sp³-hybridized carbons (Fsp3) is 0.643. The molecule has 2 bridgehead atoms. The molecular weight excluding hydrogens is 196 g/mol. The van der Waals surface area contributed by atoms with Gasteiger partial charge >= 0.3 is 0 Å². The van der Waals surface area contributed by atoms with Gasteiger partial charge in [0, 0.05) is 24.4 Å². The van der Waals surface area contributed by atoms with E-state index in [1.807, 2.05) is 12.3 Å². The molecule has 2 saturated carbocycles. The third-order valence-corrected chi connectivity index (χ3v) is 4.51. The van der Waals surface area contributed by atoms with Gasteiger partial charge in [-0.05, 0) is 49.1 Å². The average Bonchev–Trinajstić information content (AvgIpc) is 2.92. The maximum atomic E-state index is 6.36. The molecule has 16 heavy (non-hydrogen) atoms. The molecule has 1 aromatic heterocycles. The molecule has 2 aliphatic rings. The lowest BCUT2D eigenvalue weighted by molar-refractivity contribution is 0.279. The molecule has 2 nitrogen and oxygen atoms in total. The fourth-order valence-electron chi connectivity index (χ4n) is 3.73. The summed E-state index contributed by atoms with van der Waals surface area (Å²) in [5, 5.41) is 0. The van der Waals surface area contributed by atoms with Crippen molar-refractivity contribution in [3.63, 3.8) is 0 Å². The molecule has 86 valence electrons. The monoisotopic (exact) mass is 216 g/mol. The number of aromatic nitrogens is 1. The lowest BCUT2D eigenvalue weighted by Crippen LogP contribution is -2.35. The first-order chi connectivity index (χ1) is 7.83. The third-order valence-electron chi connectivity index (χ3n) is 4.51. The second-order valence-electron chi connectivity index (χ2n) is 5.53. The van der Waals surface area contributed by atoms with Crippen LogP contribution in [-0.2, 0) is 6.42 Å². The van der Waals surface area contributed by atoms with Crippen molar-refractivity contribution in [1.82, 2.24) is 4.98 Å². The summed E-state index contributed by atoms with van der Waals surface area (Å²) < 4.78 is 0. The van der Waals surface area contributed by atoms with Gasteiger partial charge in [-0.2, -0.15) is 0 Å². The largest absolute Gasteiger partial charge is 0.327 e. The van der Waals surface area contributed by atoms with Crippen LogP contribution in [0.4, 0.5) is 0 Å². The van der Waals surface area contributed by atoms with E-state index in [9.17, 15) is 0 Å². The Labute approximate surface area is 97.3 Å². The molecule has 0 aliphatic heterocycles. The summed E-state index contributed by atoms with van der Waals surface area (Å²) in [6.45, 7) is 0. The zero-order chi connectivity index (χ0) is 11.0. The second kappa shape index (κ2) is 4.17. The van der Waals surface area contributed by atoms with Crippen molar-refractivity contribution in [3.8, 4) is 0 Å². The molecule has 1 heterocycles. The number of hydrogen-bond donors (Lipinski definition) is 1. The van der Waals surface area contributed by atoms with Crippen molar-refractivity contribution in [2.75, 3.05) is 0 Å². The van der Waals surface area contributed by atoms with E-state index in [0.29, 0.717) is 6.04 Å². The van der Waals surface area contributed by atoms with Crippen LogP contribution in [0.15, 0.2) is 24.4 Å². The summed E-state index contributed by atoms with van der Waals surface area (Å²) in [6, 6.07) is 6.43. The topological polar surface area (TPSA) is 38.9 Å². The summed E-state index contributed by atoms with van der Waals surface area (Å²) in [7, 11) is 0. The lowest BCUT2D eigenvalue weighted by atomic mass is 9.82. The van der Waals surface area contributed by atoms with Crippen LogP contribution in [0.5, 0.6) is 0 Å². The van der Waals surface area contributed by atoms with E-state index in [4.69, 9.17) is 5.73 Å². The molecular formula is C14H20N2. The third kappa shape index (κ3) is 1.86. The zero-order valence-corrected chi connectivity index (χ0v) is 9.68. The van der Waals surface area contributed by atoms with Gasteiger partial charge in [-0.3, -0.25) is 4.98 Å². The van der Waals surface area contributed by atoms with Gasteiger partial charge in [0.05, 0.1) is 0 Å². The minimum absolute atomic E-state index is 0.324. The van der Waals surface area contributed by atoms with Crippen molar-refractivity contribution in [2.45, 2.75) is 38.1 Å². The Morgan fingerprint density at radius 1 is 1.31 bits per heavy atom. The Bertz CT molecular complexity index is 349. The molecule has 4 atom stereocenters. The van der Waals surface area contributed by atoms with Crippen LogP contribution in [0.3, 0.4) is 0 Å². The molecule has 0 saturated heterocycles. The first-order valence-electron chi connectivity index (χ1n) is 6.48. The van der Waals surface area contributed by atoms with Gasteiger partial charge in [0.1, 0.15) is 0 Å². The van der Waals surface area contributed by atoms with Crippen LogP contribution in [0.1, 0.15) is 31.4 Å². The summed E-state index contributed by atoms with van der Waals surface area (Å²) in [5.74, 6) is 2.68. The number of nitrogens with zero attached hydrogens (tertiary/aromatic N) is 1. The highest BCUT2D eigenvalue weighted by atomic mass is 14.7. The summed E-state index contributed by atoms with van der Waals surface area (Å²) in [4.78, 5) is 4.37. The minimum atomic E-state index is 0.324. The average molecular weight is 216 g/mol. The summed E-state index contributed by atoms with van der Waals surface area (Å²) >= 11 is 0. The van der Waals surface area contributed by atoms with E-state index in [0.717, 1.165) is 29.9 Å². The number of pyridine rings is 1. The van der Waals surface area contributed by atoms with E-state index in [2.05, 4.69) is 17.1 Å². The van der Waals surface area contributed by atoms with E-state index >= 15 is 0 Å². The van der Waals surface area contributed by atoms with Gasteiger partial charge in [0.2, 0.25) is 0 Å². The molecule has 2 aliphatic carbocycles. The molecule has 2 fully saturated rings. The van der Waals surface area contributed by atoms with E-state index < -0.39 is 0 Å². The van der Waals surface area contributed by atoms with Gasteiger partial charge in [0.15, 0.2) is 0 Å². The zero-order valence-electron chi connectivity index (χ0n) is 9.68. The van der Waals surface area contributed by atoms with Crippen molar-refractivity contribution in [1.29, 1.82) is 0 Å². The predicted octanol–water partition coefficient (Wildman–Crippen LogP) is 2.39. The maximum Gasteiger partial charge on any atom is 0.0419 e. The van der Waals surface area contributed by atoms with Gasteiger partial charge in [-0.25, -0.2) is 0 Å². The van der Waals surface area contributed by atoms with Crippen molar-refractivity contribution < 1.29 is 0 Å². The summed E-state index contributed by atoms with van der Waals surface area (Å²) in [6.07, 6.45) is 8.51. The number of nitrogens with two attached hydrogens (primary N) is 1. The molecule has 0 amide bonds. The maximum absolute atomic E-state index is 6.36. The molecule has 0 aromatic carbocycles. The molecule has 2 N–H and O–H groups in total. The van der Waals surface area contributed by atoms with Crippen LogP contribution in [-0.4, -0.2) is 11.0 Å². The Kier molecular flexibility index (Phi) is 2.68. The van der Waals surface area contributed by atoms with E-state index in [1.54, 1.807) is 0 Å². The molecule has 4 unspecified atom stereocenters. The van der Waals surface area contributed by atoms with Crippen LogP contribution in [0, 0.1) is 17.8 Å². The van der Waals surface area contributed by atoms with Gasteiger partial charge < -0.3 is 5.73 Å². The normalized spacial score (nSPS) is 34.2. The van der Waals surface area contributed by atoms with Crippen molar-refractivity contribution in [3.05, 3.63) is 30.1 Å². The Balaban J connectivity index is 1.64. The fourth-order valence-corrected chi connectivity index (χ4v) is 3.73. The Hall–Kier alpha value is -0.890. The predicted molar refractivity (Wildman–Crippen MR) is 64.9 cm³/mol. The smallest absolute Gasteiger partial charge is 0.0419 e. The van der Waals surface area contributed by atoms with Crippen LogP contribution in [0.2, 0.25) is 0 Å². The first kappa shape index (κ1) is 10.3. The van der Waals surface area contributed by atoms with E-state index in [1.165, 1.54) is 25.7 Å². The molecule has 2 heteroatoms. The summed E-state index contributed by atoms with van der Waals surface area (Å²) in [5.41, 5.74) is 7.51. The minimum Gasteiger partial charge on any atom is -0.327 e. The van der Waals surface area contributed by atoms with Gasteiger partial charge in [-0.15, -0.1) is 0 Å². The standard InChI is InChI=1S/C14H20N2/c15-14(9-12-3-1-2-6-16-12)13-8-10-4-5-11(13)7-10/h1-3,6,10-11,13-14H,4-5,7-9,15H2. The van der Waals surface area contributed by atoms with Crippen LogP contribution >= 0.6 is 0 Å². The quantitative estimate of drug-likeness (QED) is 0.842. The van der Waals surface area contributed by atoms with Gasteiger partial charge in [-0.1, -0.05) is 12.5 Å². The highest BCUT2D eigenvalue weighted by Gasteiger charge is 2.41.